The van der Waals surface area contributed by atoms with Gasteiger partial charge in [-0.3, -0.25) is 0 Å². The van der Waals surface area contributed by atoms with E-state index in [-0.39, 0.29) is 38.1 Å². The minimum atomic E-state index is -0.381. The van der Waals surface area contributed by atoms with Crippen molar-refractivity contribution in [2.45, 2.75) is 87.7 Å². The van der Waals surface area contributed by atoms with Crippen LogP contribution in [0.4, 0.5) is 0 Å². The van der Waals surface area contributed by atoms with Gasteiger partial charge in [0, 0.05) is 38.1 Å². The summed E-state index contributed by atoms with van der Waals surface area (Å²) >= 11 is 0. The third-order valence-corrected chi connectivity index (χ3v) is 5.45. The second kappa shape index (κ2) is 22.8. The standard InChI is InChI=1S/C26H18.C3H9B.4C2H6.Y/c1-3-13-22(14-4-1)26(23-15-5-2-6-16-23)24-17-9-7-11-20(24)19-21-12-8-10-18-25(21)26;1-4(2)3;4*1-2;/h1-13,15,17-18H,19H2;1-3H3;4*1-2H3;/q-2;;;;;;. The summed E-state index contributed by atoms with van der Waals surface area (Å²) < 4.78 is 0. The Labute approximate surface area is 268 Å². The molecule has 0 bridgehead atoms. The topological polar surface area (TPSA) is 0 Å². The van der Waals surface area contributed by atoms with Crippen LogP contribution in [-0.2, 0) is 44.5 Å². The molecule has 1 aliphatic carbocycles. The molecule has 0 aromatic heterocycles. The van der Waals surface area contributed by atoms with Gasteiger partial charge in [-0.15, -0.1) is 11.1 Å². The van der Waals surface area contributed by atoms with Crippen LogP contribution in [0.25, 0.3) is 0 Å². The fourth-order valence-electron chi connectivity index (χ4n) is 4.41. The number of fused-ring (bicyclic) bond motifs is 2. The first-order valence-electron chi connectivity index (χ1n) is 14.7. The Morgan fingerprint density at radius 3 is 1.13 bits per heavy atom. The molecular formula is C37H51BY-2. The van der Waals surface area contributed by atoms with E-state index in [1.54, 1.807) is 0 Å². The van der Waals surface area contributed by atoms with E-state index in [4.69, 9.17) is 0 Å². The van der Waals surface area contributed by atoms with Gasteiger partial charge in [-0.2, -0.15) is 60.7 Å². The number of rotatable bonds is 2. The van der Waals surface area contributed by atoms with Crippen molar-refractivity contribution in [3.05, 3.63) is 143 Å². The van der Waals surface area contributed by atoms with Crippen LogP contribution in [0, 0.1) is 12.1 Å². The molecule has 207 valence electrons. The molecule has 0 spiro atoms. The summed E-state index contributed by atoms with van der Waals surface area (Å²) in [6, 6.07) is 41.4. The van der Waals surface area contributed by atoms with Gasteiger partial charge in [-0.25, -0.2) is 0 Å². The van der Waals surface area contributed by atoms with Crippen molar-refractivity contribution < 1.29 is 32.7 Å². The first-order valence-corrected chi connectivity index (χ1v) is 14.7. The van der Waals surface area contributed by atoms with Gasteiger partial charge >= 0.3 is 0 Å². The molecule has 2 heteroatoms. The third kappa shape index (κ3) is 10.2. The van der Waals surface area contributed by atoms with Crippen molar-refractivity contribution in [2.24, 2.45) is 0 Å². The second-order valence-electron chi connectivity index (χ2n) is 8.53. The van der Waals surface area contributed by atoms with Gasteiger partial charge in [0.1, 0.15) is 6.71 Å². The van der Waals surface area contributed by atoms with Crippen molar-refractivity contribution in [2.75, 3.05) is 0 Å². The molecule has 0 aliphatic heterocycles. The van der Waals surface area contributed by atoms with E-state index in [1.807, 2.05) is 79.7 Å². The maximum absolute atomic E-state index is 3.54. The fourth-order valence-corrected chi connectivity index (χ4v) is 4.41. The van der Waals surface area contributed by atoms with Crippen LogP contribution in [0.5, 0.6) is 0 Å². The molecule has 0 amide bonds. The summed E-state index contributed by atoms with van der Waals surface area (Å²) in [5, 5.41) is 0. The van der Waals surface area contributed by atoms with E-state index < -0.39 is 0 Å². The zero-order valence-electron chi connectivity index (χ0n) is 26.6. The van der Waals surface area contributed by atoms with Crippen molar-refractivity contribution in [3.8, 4) is 0 Å². The first-order chi connectivity index (χ1) is 18.6. The van der Waals surface area contributed by atoms with Crippen LogP contribution >= 0.6 is 0 Å². The molecule has 0 heterocycles. The van der Waals surface area contributed by atoms with Crippen molar-refractivity contribution in [1.82, 2.24) is 0 Å². The minimum absolute atomic E-state index is 0. The van der Waals surface area contributed by atoms with Crippen molar-refractivity contribution in [3.63, 3.8) is 0 Å². The Bertz CT molecular complexity index is 1010. The molecule has 1 radical (unpaired) electrons. The first kappa shape index (κ1) is 39.2. The fraction of sp³-hybridized carbons (Fsp3) is 0.351. The maximum Gasteiger partial charge on any atom is 0.130 e. The van der Waals surface area contributed by atoms with Crippen LogP contribution in [0.3, 0.4) is 0 Å². The molecular weight excluding hydrogens is 544 g/mol. The summed E-state index contributed by atoms with van der Waals surface area (Å²) in [6.07, 6.45) is 0.966. The zero-order valence-corrected chi connectivity index (χ0v) is 29.4. The zero-order chi connectivity index (χ0) is 29.0. The van der Waals surface area contributed by atoms with E-state index in [2.05, 4.69) is 105 Å². The van der Waals surface area contributed by atoms with E-state index >= 15 is 0 Å². The van der Waals surface area contributed by atoms with E-state index in [1.165, 1.54) is 33.4 Å². The third-order valence-electron chi connectivity index (χ3n) is 5.45. The molecule has 5 rings (SSSR count). The summed E-state index contributed by atoms with van der Waals surface area (Å²) in [6.45, 7) is 23.3. The summed E-state index contributed by atoms with van der Waals surface area (Å²) in [5.41, 5.74) is 7.38. The Hall–Kier alpha value is -1.95. The predicted molar refractivity (Wildman–Crippen MR) is 174 cm³/mol. The molecule has 4 aromatic rings. The largest absolute Gasteiger partial charge is 0.179 e. The molecule has 0 saturated carbocycles. The van der Waals surface area contributed by atoms with Crippen LogP contribution in [0.15, 0.2) is 97.1 Å². The molecule has 0 saturated heterocycles. The van der Waals surface area contributed by atoms with Gasteiger partial charge in [0.2, 0.25) is 0 Å². The second-order valence-corrected chi connectivity index (χ2v) is 8.53. The predicted octanol–water partition coefficient (Wildman–Crippen LogP) is 11.0. The molecule has 1 aliphatic rings. The molecule has 0 atom stereocenters. The number of benzene rings is 4. The SMILES string of the molecule is CB(C)C.CC.CC.CC.CC.[Y].[c-]1ccccc1C1(c2[c-]cccc2)c2ccccc2Cc2ccccc21. The Kier molecular flexibility index (Phi) is 22.9. The van der Waals surface area contributed by atoms with Gasteiger partial charge in [0.05, 0.1) is 0 Å². The quantitative estimate of drug-likeness (QED) is 0.141. The van der Waals surface area contributed by atoms with Gasteiger partial charge in [-0.1, -0.05) is 124 Å². The van der Waals surface area contributed by atoms with Gasteiger partial charge in [0.15, 0.2) is 0 Å². The van der Waals surface area contributed by atoms with E-state index in [0.29, 0.717) is 0 Å². The van der Waals surface area contributed by atoms with Crippen LogP contribution in [-0.4, -0.2) is 6.71 Å². The monoisotopic (exact) mass is 595 g/mol. The molecule has 0 fully saturated rings. The minimum Gasteiger partial charge on any atom is -0.179 e. The van der Waals surface area contributed by atoms with Crippen LogP contribution in [0.2, 0.25) is 20.5 Å². The summed E-state index contributed by atoms with van der Waals surface area (Å²) in [7, 11) is 0. The van der Waals surface area contributed by atoms with E-state index in [0.717, 1.165) is 13.1 Å². The van der Waals surface area contributed by atoms with Crippen LogP contribution in [0.1, 0.15) is 88.8 Å². The smallest absolute Gasteiger partial charge is 0.130 e. The average Bonchev–Trinajstić information content (AvgIpc) is 3.00. The average molecular weight is 596 g/mol. The molecule has 0 nitrogen and oxygen atoms in total. The van der Waals surface area contributed by atoms with Crippen LogP contribution < -0.4 is 0 Å². The van der Waals surface area contributed by atoms with Gasteiger partial charge < -0.3 is 0 Å². The summed E-state index contributed by atoms with van der Waals surface area (Å²) in [5.74, 6) is 0. The Balaban J connectivity index is 0. The Morgan fingerprint density at radius 1 is 0.513 bits per heavy atom. The van der Waals surface area contributed by atoms with Crippen molar-refractivity contribution in [1.29, 1.82) is 0 Å². The number of hydrogen-bond acceptors (Lipinski definition) is 0. The molecule has 0 unspecified atom stereocenters. The maximum atomic E-state index is 3.54. The Morgan fingerprint density at radius 2 is 0.821 bits per heavy atom. The molecule has 0 N–H and O–H groups in total. The van der Waals surface area contributed by atoms with Crippen molar-refractivity contribution >= 4 is 6.71 Å². The number of hydrogen-bond donors (Lipinski definition) is 0. The van der Waals surface area contributed by atoms with E-state index in [9.17, 15) is 0 Å². The molecule has 4 aromatic carbocycles. The normalized spacial score (nSPS) is 10.8. The summed E-state index contributed by atoms with van der Waals surface area (Å²) in [4.78, 5) is 0. The van der Waals surface area contributed by atoms with Gasteiger partial charge in [-0.05, 0) is 28.7 Å². The van der Waals surface area contributed by atoms with Gasteiger partial charge in [0.25, 0.3) is 0 Å². The molecule has 39 heavy (non-hydrogen) atoms.